The summed E-state index contributed by atoms with van der Waals surface area (Å²) >= 11 is 3.64. The molecule has 1 amide bonds. The molecule has 0 aliphatic rings. The van der Waals surface area contributed by atoms with Gasteiger partial charge >= 0.3 is 13.7 Å². The van der Waals surface area contributed by atoms with E-state index in [1.807, 2.05) is 20.8 Å². The normalized spacial score (nSPS) is 13.7. The lowest BCUT2D eigenvalue weighted by molar-refractivity contribution is 0.0515. The standard InChI is InChI=1S/C13H27INO5PS/c1-6-18-21(17,19-7-2)10-22-9-11(8-14)15-12(16)20-13(3,4)5/h11H,6-10H2,1-5H3,(H,15,16)/t11-/m1/s1. The average molecular weight is 467 g/mol. The molecule has 6 nitrogen and oxygen atoms in total. The zero-order chi connectivity index (χ0) is 17.2. The number of hydrogen-bond acceptors (Lipinski definition) is 6. The lowest BCUT2D eigenvalue weighted by atomic mass is 10.2. The van der Waals surface area contributed by atoms with Crippen LogP contribution < -0.4 is 5.32 Å². The molecule has 0 unspecified atom stereocenters. The molecule has 0 fully saturated rings. The Kier molecular flexibility index (Phi) is 11.4. The smallest absolute Gasteiger partial charge is 0.407 e. The number of carbonyl (C=O) groups is 1. The molecule has 0 saturated carbocycles. The second-order valence-electron chi connectivity index (χ2n) is 5.44. The van der Waals surface area contributed by atoms with Crippen LogP contribution in [0.5, 0.6) is 0 Å². The first-order valence-electron chi connectivity index (χ1n) is 7.17. The molecule has 1 N–H and O–H groups in total. The highest BCUT2D eigenvalue weighted by Gasteiger charge is 2.25. The maximum atomic E-state index is 12.3. The highest BCUT2D eigenvalue weighted by molar-refractivity contribution is 14.1. The van der Waals surface area contributed by atoms with Gasteiger partial charge in [-0.2, -0.15) is 0 Å². The van der Waals surface area contributed by atoms with E-state index < -0.39 is 19.3 Å². The molecule has 1 atom stereocenters. The minimum atomic E-state index is -3.04. The quantitative estimate of drug-likeness (QED) is 0.294. The van der Waals surface area contributed by atoms with Gasteiger partial charge in [-0.1, -0.05) is 22.6 Å². The van der Waals surface area contributed by atoms with Crippen LogP contribution in [0.2, 0.25) is 0 Å². The van der Waals surface area contributed by atoms with Crippen molar-refractivity contribution in [1.29, 1.82) is 0 Å². The van der Waals surface area contributed by atoms with Gasteiger partial charge in [-0.15, -0.1) is 11.8 Å². The molecule has 0 aliphatic heterocycles. The van der Waals surface area contributed by atoms with E-state index in [1.54, 1.807) is 13.8 Å². The Morgan fingerprint density at radius 2 is 1.82 bits per heavy atom. The monoisotopic (exact) mass is 467 g/mol. The van der Waals surface area contributed by atoms with E-state index in [-0.39, 0.29) is 11.5 Å². The van der Waals surface area contributed by atoms with E-state index in [1.165, 1.54) is 11.8 Å². The molecule has 0 saturated heterocycles. The number of carbonyl (C=O) groups excluding carboxylic acids is 1. The minimum Gasteiger partial charge on any atom is -0.444 e. The number of thioether (sulfide) groups is 1. The second-order valence-corrected chi connectivity index (χ2v) is 9.84. The predicted molar refractivity (Wildman–Crippen MR) is 100 cm³/mol. The van der Waals surface area contributed by atoms with Crippen molar-refractivity contribution in [3.8, 4) is 0 Å². The third-order valence-corrected chi connectivity index (χ3v) is 7.13. The van der Waals surface area contributed by atoms with Gasteiger partial charge in [-0.05, 0) is 34.6 Å². The molecule has 0 radical (unpaired) electrons. The Labute approximate surface area is 151 Å². The van der Waals surface area contributed by atoms with Crippen molar-refractivity contribution in [2.45, 2.75) is 46.3 Å². The summed E-state index contributed by atoms with van der Waals surface area (Å²) in [7, 11) is -3.04. The number of alkyl carbamates (subject to hydrolysis) is 1. The van der Waals surface area contributed by atoms with Crippen molar-refractivity contribution < 1.29 is 23.1 Å². The molecule has 0 aromatic heterocycles. The predicted octanol–water partition coefficient (Wildman–Crippen LogP) is 4.27. The fraction of sp³-hybridized carbons (Fsp3) is 0.923. The van der Waals surface area contributed by atoms with Crippen LogP contribution in [-0.4, -0.2) is 46.6 Å². The number of amides is 1. The number of ether oxygens (including phenoxy) is 1. The van der Waals surface area contributed by atoms with E-state index in [2.05, 4.69) is 27.9 Å². The van der Waals surface area contributed by atoms with Crippen LogP contribution >= 0.6 is 41.9 Å². The fourth-order valence-corrected chi connectivity index (χ4v) is 5.62. The van der Waals surface area contributed by atoms with Crippen molar-refractivity contribution in [1.82, 2.24) is 5.32 Å². The highest BCUT2D eigenvalue weighted by Crippen LogP contribution is 2.50. The number of hydrogen-bond donors (Lipinski definition) is 1. The summed E-state index contributed by atoms with van der Waals surface area (Å²) in [6.07, 6.45) is -0.437. The van der Waals surface area contributed by atoms with E-state index >= 15 is 0 Å². The maximum absolute atomic E-state index is 12.3. The number of alkyl halides is 1. The highest BCUT2D eigenvalue weighted by atomic mass is 127. The Hall–Kier alpha value is 0.500. The van der Waals surface area contributed by atoms with E-state index in [4.69, 9.17) is 13.8 Å². The molecule has 0 aromatic rings. The molecule has 0 bridgehead atoms. The van der Waals surface area contributed by atoms with Crippen LogP contribution in [0.25, 0.3) is 0 Å². The molecule has 0 heterocycles. The van der Waals surface area contributed by atoms with Crippen molar-refractivity contribution in [2.75, 3.05) is 28.9 Å². The fourth-order valence-electron chi connectivity index (χ4n) is 1.41. The van der Waals surface area contributed by atoms with Gasteiger partial charge in [0.15, 0.2) is 0 Å². The summed E-state index contributed by atoms with van der Waals surface area (Å²) in [5, 5.41) is 2.81. The van der Waals surface area contributed by atoms with E-state index in [9.17, 15) is 9.36 Å². The van der Waals surface area contributed by atoms with Crippen LogP contribution in [0.1, 0.15) is 34.6 Å². The van der Waals surface area contributed by atoms with Crippen molar-refractivity contribution in [2.24, 2.45) is 0 Å². The molecule has 0 aromatic carbocycles. The molecule has 0 spiro atoms. The number of rotatable bonds is 10. The lowest BCUT2D eigenvalue weighted by Crippen LogP contribution is -2.41. The molecule has 0 rings (SSSR count). The van der Waals surface area contributed by atoms with Crippen molar-refractivity contribution in [3.05, 3.63) is 0 Å². The van der Waals surface area contributed by atoms with Gasteiger partial charge in [-0.3, -0.25) is 4.57 Å². The first-order valence-corrected chi connectivity index (χ1v) is 11.6. The van der Waals surface area contributed by atoms with Gasteiger partial charge in [0.25, 0.3) is 0 Å². The van der Waals surface area contributed by atoms with Gasteiger partial charge in [0.2, 0.25) is 0 Å². The summed E-state index contributed by atoms with van der Waals surface area (Å²) < 4.78 is 28.7. The summed E-state index contributed by atoms with van der Waals surface area (Å²) in [6.45, 7) is 9.73. The van der Waals surface area contributed by atoms with Crippen LogP contribution in [-0.2, 0) is 18.3 Å². The summed E-state index contributed by atoms with van der Waals surface area (Å²) in [4.78, 5) is 11.7. The average Bonchev–Trinajstić information content (AvgIpc) is 2.35. The summed E-state index contributed by atoms with van der Waals surface area (Å²) in [5.74, 6) is 0.617. The zero-order valence-electron chi connectivity index (χ0n) is 13.9. The van der Waals surface area contributed by atoms with Crippen LogP contribution in [0.15, 0.2) is 0 Å². The van der Waals surface area contributed by atoms with Crippen molar-refractivity contribution >= 4 is 48.0 Å². The van der Waals surface area contributed by atoms with Crippen LogP contribution in [0.4, 0.5) is 4.79 Å². The second kappa shape index (κ2) is 11.1. The van der Waals surface area contributed by atoms with Crippen LogP contribution in [0, 0.1) is 0 Å². The molecule has 9 heteroatoms. The van der Waals surface area contributed by atoms with E-state index in [0.717, 1.165) is 4.43 Å². The zero-order valence-corrected chi connectivity index (χ0v) is 17.8. The summed E-state index contributed by atoms with van der Waals surface area (Å²) in [6, 6.07) is -0.0582. The Morgan fingerprint density at radius 1 is 1.27 bits per heavy atom. The topological polar surface area (TPSA) is 73.9 Å². The van der Waals surface area contributed by atoms with Crippen molar-refractivity contribution in [3.63, 3.8) is 0 Å². The molecule has 0 aliphatic carbocycles. The maximum Gasteiger partial charge on any atom is 0.407 e. The Bertz CT molecular complexity index is 368. The number of halogens is 1. The molecular weight excluding hydrogens is 440 g/mol. The molecular formula is C13H27INO5PS. The van der Waals surface area contributed by atoms with Gasteiger partial charge < -0.3 is 19.1 Å². The van der Waals surface area contributed by atoms with Gasteiger partial charge in [0.1, 0.15) is 5.60 Å². The third-order valence-electron chi connectivity index (χ3n) is 2.13. The Morgan fingerprint density at radius 3 is 2.23 bits per heavy atom. The Balaban J connectivity index is 4.29. The number of nitrogens with one attached hydrogen (secondary N) is 1. The van der Waals surface area contributed by atoms with Gasteiger partial charge in [-0.25, -0.2) is 4.79 Å². The lowest BCUT2D eigenvalue weighted by Gasteiger charge is -2.23. The van der Waals surface area contributed by atoms with Crippen LogP contribution in [0.3, 0.4) is 0 Å². The van der Waals surface area contributed by atoms with Gasteiger partial charge in [0, 0.05) is 10.2 Å². The largest absolute Gasteiger partial charge is 0.444 e. The van der Waals surface area contributed by atoms with Gasteiger partial charge in [0.05, 0.1) is 24.7 Å². The first kappa shape index (κ1) is 22.5. The molecule has 132 valence electrons. The SMILES string of the molecule is CCOP(=O)(CSC[C@@H](CI)NC(=O)OC(C)(C)C)OCC. The molecule has 22 heavy (non-hydrogen) atoms. The third kappa shape index (κ3) is 11.1. The summed E-state index contributed by atoms with van der Waals surface area (Å²) in [5.41, 5.74) is -0.246. The van der Waals surface area contributed by atoms with E-state index in [0.29, 0.717) is 19.0 Å². The first-order chi connectivity index (χ1) is 10.2. The minimum absolute atomic E-state index is 0.0582.